The predicted octanol–water partition coefficient (Wildman–Crippen LogP) is 5.80. The van der Waals surface area contributed by atoms with Crippen LogP contribution in [0.3, 0.4) is 0 Å². The van der Waals surface area contributed by atoms with Gasteiger partial charge in [0, 0.05) is 17.0 Å². The largest absolute Gasteiger partial charge is 0.496 e. The van der Waals surface area contributed by atoms with Gasteiger partial charge in [-0.1, -0.05) is 37.3 Å². The number of nitrogens with one attached hydrogen (secondary N) is 1. The molecule has 3 rings (SSSR count). The molecule has 6 heteroatoms. The first-order valence-corrected chi connectivity index (χ1v) is 10.1. The number of ether oxygens (including phenoxy) is 1. The third-order valence-corrected chi connectivity index (χ3v) is 5.37. The average Bonchev–Trinajstić information content (AvgIpc) is 3.15. The second kappa shape index (κ2) is 8.97. The van der Waals surface area contributed by atoms with Crippen LogP contribution in [0.1, 0.15) is 18.1 Å². The second-order valence-corrected chi connectivity index (χ2v) is 7.52. The molecular formula is C21H19BrN2O2S. The summed E-state index contributed by atoms with van der Waals surface area (Å²) >= 11 is 4.84. The van der Waals surface area contributed by atoms with Gasteiger partial charge in [-0.05, 0) is 51.7 Å². The normalized spacial score (nSPS) is 10.9. The molecule has 0 atom stereocenters. The highest BCUT2D eigenvalue weighted by Gasteiger charge is 2.07. The van der Waals surface area contributed by atoms with Gasteiger partial charge in [-0.3, -0.25) is 10.1 Å². The van der Waals surface area contributed by atoms with Gasteiger partial charge in [0.05, 0.1) is 17.3 Å². The number of nitrogens with zero attached hydrogens (tertiary/aromatic N) is 1. The van der Waals surface area contributed by atoms with Gasteiger partial charge in [0.1, 0.15) is 5.75 Å². The Morgan fingerprint density at radius 1 is 1.26 bits per heavy atom. The first-order valence-electron chi connectivity index (χ1n) is 8.46. The van der Waals surface area contributed by atoms with Crippen molar-refractivity contribution in [3.05, 3.63) is 69.5 Å². The molecule has 0 unspecified atom stereocenters. The predicted molar refractivity (Wildman–Crippen MR) is 115 cm³/mol. The van der Waals surface area contributed by atoms with Crippen molar-refractivity contribution in [2.45, 2.75) is 13.3 Å². The van der Waals surface area contributed by atoms with Crippen LogP contribution in [0.5, 0.6) is 5.75 Å². The van der Waals surface area contributed by atoms with Gasteiger partial charge in [0.2, 0.25) is 5.91 Å². The lowest BCUT2D eigenvalue weighted by Gasteiger charge is -2.03. The number of anilines is 1. The van der Waals surface area contributed by atoms with Crippen LogP contribution in [-0.4, -0.2) is 18.0 Å². The zero-order valence-corrected chi connectivity index (χ0v) is 17.4. The highest BCUT2D eigenvalue weighted by molar-refractivity contribution is 9.10. The maximum Gasteiger partial charge on any atom is 0.250 e. The van der Waals surface area contributed by atoms with Gasteiger partial charge >= 0.3 is 0 Å². The molecule has 138 valence electrons. The van der Waals surface area contributed by atoms with Crippen LogP contribution in [0.15, 0.2) is 58.4 Å². The Bertz CT molecular complexity index is 965. The number of rotatable bonds is 6. The highest BCUT2D eigenvalue weighted by Crippen LogP contribution is 2.27. The fraction of sp³-hybridized carbons (Fsp3) is 0.143. The van der Waals surface area contributed by atoms with Gasteiger partial charge in [0.25, 0.3) is 0 Å². The number of thiazole rings is 1. The van der Waals surface area contributed by atoms with Crippen LogP contribution in [0.4, 0.5) is 5.13 Å². The Labute approximate surface area is 171 Å². The third-order valence-electron chi connectivity index (χ3n) is 4.00. The molecule has 0 aliphatic heterocycles. The molecule has 0 radical (unpaired) electrons. The van der Waals surface area contributed by atoms with Crippen molar-refractivity contribution in [1.29, 1.82) is 0 Å². The van der Waals surface area contributed by atoms with E-state index in [0.717, 1.165) is 33.5 Å². The monoisotopic (exact) mass is 442 g/mol. The minimum Gasteiger partial charge on any atom is -0.496 e. The molecule has 0 bridgehead atoms. The van der Waals surface area contributed by atoms with Crippen LogP contribution in [0, 0.1) is 0 Å². The van der Waals surface area contributed by atoms with E-state index in [0.29, 0.717) is 5.13 Å². The lowest BCUT2D eigenvalue weighted by atomic mass is 10.1. The standard InChI is InChI=1S/C21H19BrN2O2S/c1-3-14-4-8-16(9-5-14)18-13-27-21(23-18)24-20(25)11-7-15-6-10-19(26-2)17(22)12-15/h4-13H,3H2,1-2H3,(H,23,24,25). The maximum absolute atomic E-state index is 12.2. The molecule has 27 heavy (non-hydrogen) atoms. The Morgan fingerprint density at radius 3 is 2.70 bits per heavy atom. The molecule has 1 N–H and O–H groups in total. The van der Waals surface area contributed by atoms with Crippen LogP contribution in [0.25, 0.3) is 17.3 Å². The summed E-state index contributed by atoms with van der Waals surface area (Å²) in [5, 5.41) is 5.33. The van der Waals surface area contributed by atoms with Crippen LogP contribution >= 0.6 is 27.3 Å². The summed E-state index contributed by atoms with van der Waals surface area (Å²) in [7, 11) is 1.61. The lowest BCUT2D eigenvalue weighted by molar-refractivity contribution is -0.111. The summed E-state index contributed by atoms with van der Waals surface area (Å²) in [6.07, 6.45) is 4.25. The first-order chi connectivity index (χ1) is 13.1. The van der Waals surface area contributed by atoms with E-state index in [-0.39, 0.29) is 5.91 Å². The molecule has 0 aliphatic carbocycles. The van der Waals surface area contributed by atoms with Crippen molar-refractivity contribution in [1.82, 2.24) is 4.98 Å². The van der Waals surface area contributed by atoms with Gasteiger partial charge in [0.15, 0.2) is 5.13 Å². The summed E-state index contributed by atoms with van der Waals surface area (Å²) in [6.45, 7) is 2.13. The van der Waals surface area contributed by atoms with Crippen molar-refractivity contribution < 1.29 is 9.53 Å². The van der Waals surface area contributed by atoms with Gasteiger partial charge in [-0.15, -0.1) is 11.3 Å². The maximum atomic E-state index is 12.2. The first kappa shape index (κ1) is 19.3. The van der Waals surface area contributed by atoms with Crippen LogP contribution < -0.4 is 10.1 Å². The number of methoxy groups -OCH3 is 1. The number of aryl methyl sites for hydroxylation is 1. The SMILES string of the molecule is CCc1ccc(-c2csc(NC(=O)C=Cc3ccc(OC)c(Br)c3)n2)cc1. The number of halogens is 1. The Balaban J connectivity index is 1.64. The molecule has 0 saturated carbocycles. The molecule has 1 heterocycles. The number of hydrogen-bond donors (Lipinski definition) is 1. The molecule has 0 spiro atoms. The van der Waals surface area contributed by atoms with Crippen molar-refractivity contribution in [2.75, 3.05) is 12.4 Å². The molecule has 3 aromatic rings. The molecule has 4 nitrogen and oxygen atoms in total. The molecule has 1 amide bonds. The smallest absolute Gasteiger partial charge is 0.250 e. The molecular weight excluding hydrogens is 424 g/mol. The van der Waals surface area contributed by atoms with E-state index < -0.39 is 0 Å². The van der Waals surface area contributed by atoms with Gasteiger partial charge < -0.3 is 4.74 Å². The quantitative estimate of drug-likeness (QED) is 0.491. The highest BCUT2D eigenvalue weighted by atomic mass is 79.9. The topological polar surface area (TPSA) is 51.2 Å². The van der Waals surface area contributed by atoms with E-state index in [1.165, 1.54) is 23.0 Å². The van der Waals surface area contributed by atoms with Gasteiger partial charge in [-0.25, -0.2) is 4.98 Å². The lowest BCUT2D eigenvalue weighted by Crippen LogP contribution is -2.07. The molecule has 2 aromatic carbocycles. The van der Waals surface area contributed by atoms with Gasteiger partial charge in [-0.2, -0.15) is 0 Å². The molecule has 1 aromatic heterocycles. The van der Waals surface area contributed by atoms with E-state index in [1.54, 1.807) is 13.2 Å². The minimum absolute atomic E-state index is 0.218. The summed E-state index contributed by atoms with van der Waals surface area (Å²) in [6, 6.07) is 13.9. The second-order valence-electron chi connectivity index (χ2n) is 5.80. The van der Waals surface area contributed by atoms with Crippen LogP contribution in [-0.2, 0) is 11.2 Å². The van der Waals surface area contributed by atoms with E-state index in [4.69, 9.17) is 4.74 Å². The van der Waals surface area contributed by atoms with Crippen molar-refractivity contribution in [2.24, 2.45) is 0 Å². The third kappa shape index (κ3) is 5.05. The van der Waals surface area contributed by atoms with E-state index in [9.17, 15) is 4.79 Å². The number of hydrogen-bond acceptors (Lipinski definition) is 4. The van der Waals surface area contributed by atoms with E-state index in [2.05, 4.69) is 57.4 Å². The molecule has 0 fully saturated rings. The average molecular weight is 443 g/mol. The fourth-order valence-corrected chi connectivity index (χ4v) is 3.76. The number of aromatic nitrogens is 1. The summed E-state index contributed by atoms with van der Waals surface area (Å²) in [5.41, 5.74) is 4.09. The zero-order chi connectivity index (χ0) is 19.2. The summed E-state index contributed by atoms with van der Waals surface area (Å²) in [5.74, 6) is 0.531. The fourth-order valence-electron chi connectivity index (χ4n) is 2.48. The van der Waals surface area contributed by atoms with Crippen LogP contribution in [0.2, 0.25) is 0 Å². The summed E-state index contributed by atoms with van der Waals surface area (Å²) in [4.78, 5) is 16.7. The van der Waals surface area contributed by atoms with E-state index >= 15 is 0 Å². The van der Waals surface area contributed by atoms with Crippen molar-refractivity contribution in [3.8, 4) is 17.0 Å². The number of amides is 1. The zero-order valence-electron chi connectivity index (χ0n) is 15.0. The van der Waals surface area contributed by atoms with Crippen molar-refractivity contribution >= 4 is 44.4 Å². The Hall–Kier alpha value is -2.44. The number of benzene rings is 2. The Kier molecular flexibility index (Phi) is 6.42. The van der Waals surface area contributed by atoms with E-state index in [1.807, 2.05) is 23.6 Å². The van der Waals surface area contributed by atoms with Crippen molar-refractivity contribution in [3.63, 3.8) is 0 Å². The summed E-state index contributed by atoms with van der Waals surface area (Å²) < 4.78 is 6.04. The molecule has 0 aliphatic rings. The number of carbonyl (C=O) groups excluding carboxylic acids is 1. The molecule has 0 saturated heterocycles. The number of carbonyl (C=O) groups is 1. The Morgan fingerprint density at radius 2 is 2.04 bits per heavy atom. The minimum atomic E-state index is -0.218.